The molecule has 1 fully saturated rings. The monoisotopic (exact) mass is 444 g/mol. The predicted octanol–water partition coefficient (Wildman–Crippen LogP) is 4.86. The van der Waals surface area contributed by atoms with Crippen LogP contribution in [-0.4, -0.2) is 34.7 Å². The van der Waals surface area contributed by atoms with E-state index in [1.54, 1.807) is 30.4 Å². The highest BCUT2D eigenvalue weighted by molar-refractivity contribution is 6.31. The van der Waals surface area contributed by atoms with Crippen LogP contribution >= 0.6 is 11.6 Å². The van der Waals surface area contributed by atoms with Gasteiger partial charge in [0.1, 0.15) is 17.9 Å². The van der Waals surface area contributed by atoms with Crippen molar-refractivity contribution in [3.63, 3.8) is 0 Å². The smallest absolute Gasteiger partial charge is 0.328 e. The molecule has 0 aliphatic heterocycles. The van der Waals surface area contributed by atoms with E-state index in [0.717, 1.165) is 18.4 Å². The summed E-state index contributed by atoms with van der Waals surface area (Å²) < 4.78 is 19.9. The quantitative estimate of drug-likeness (QED) is 0.497. The fraction of sp³-hybridized carbons (Fsp3) is 0.318. The first-order valence-electron chi connectivity index (χ1n) is 9.99. The number of carbonyl (C=O) groups excluding carboxylic acids is 1. The maximum atomic E-state index is 14.4. The minimum Gasteiger partial charge on any atom is -0.496 e. The Hall–Kier alpha value is -2.97. The van der Waals surface area contributed by atoms with Crippen LogP contribution in [0.2, 0.25) is 5.02 Å². The van der Waals surface area contributed by atoms with Crippen LogP contribution in [0.5, 0.6) is 5.75 Å². The van der Waals surface area contributed by atoms with Gasteiger partial charge in [-0.25, -0.2) is 14.4 Å². The molecule has 0 atom stereocenters. The van der Waals surface area contributed by atoms with Crippen LogP contribution in [0.4, 0.5) is 15.9 Å². The van der Waals surface area contributed by atoms with Gasteiger partial charge >= 0.3 is 5.97 Å². The fourth-order valence-electron chi connectivity index (χ4n) is 3.19. The molecule has 1 heterocycles. The van der Waals surface area contributed by atoms with E-state index in [4.69, 9.17) is 21.2 Å². The number of nitrogens with zero attached hydrogens (tertiary/aromatic N) is 3. The number of fused-ring (bicyclic) bond motifs is 1. The van der Waals surface area contributed by atoms with E-state index in [9.17, 15) is 9.18 Å². The second kappa shape index (κ2) is 9.03. The van der Waals surface area contributed by atoms with Crippen molar-refractivity contribution in [1.82, 2.24) is 15.0 Å². The number of ether oxygens (including phenoxy) is 1. The Morgan fingerprint density at radius 2 is 2.13 bits per heavy atom. The van der Waals surface area contributed by atoms with Crippen molar-refractivity contribution < 1.29 is 18.8 Å². The highest BCUT2D eigenvalue weighted by atomic mass is 35.5. The van der Waals surface area contributed by atoms with Crippen molar-refractivity contribution in [2.24, 2.45) is 5.92 Å². The van der Waals surface area contributed by atoms with Gasteiger partial charge < -0.3 is 14.9 Å². The fourth-order valence-corrected chi connectivity index (χ4v) is 3.36. The lowest BCUT2D eigenvalue weighted by molar-refractivity contribution is -0.194. The number of benzene rings is 2. The van der Waals surface area contributed by atoms with Crippen LogP contribution in [0.3, 0.4) is 0 Å². The van der Waals surface area contributed by atoms with E-state index in [0.29, 0.717) is 35.6 Å². The highest BCUT2D eigenvalue weighted by Crippen LogP contribution is 2.33. The van der Waals surface area contributed by atoms with Crippen LogP contribution in [0.15, 0.2) is 36.7 Å². The third-order valence-corrected chi connectivity index (χ3v) is 5.36. The summed E-state index contributed by atoms with van der Waals surface area (Å²) in [7, 11) is 1.57. The molecule has 9 heteroatoms. The molecular weight excluding hydrogens is 423 g/mol. The number of rotatable bonds is 8. The topological polar surface area (TPSA) is 76.6 Å². The molecule has 1 aliphatic rings. The zero-order chi connectivity index (χ0) is 22.0. The van der Waals surface area contributed by atoms with Gasteiger partial charge in [0.2, 0.25) is 0 Å². The van der Waals surface area contributed by atoms with Crippen molar-refractivity contribution in [3.8, 4) is 5.75 Å². The van der Waals surface area contributed by atoms with Crippen LogP contribution < -0.4 is 10.1 Å². The van der Waals surface area contributed by atoms with Crippen molar-refractivity contribution in [1.29, 1.82) is 0 Å². The van der Waals surface area contributed by atoms with Gasteiger partial charge in [-0.2, -0.15) is 0 Å². The summed E-state index contributed by atoms with van der Waals surface area (Å²) in [5, 5.41) is 5.27. The van der Waals surface area contributed by atoms with Crippen LogP contribution in [0, 0.1) is 11.7 Å². The van der Waals surface area contributed by atoms with Gasteiger partial charge in [0, 0.05) is 23.6 Å². The summed E-state index contributed by atoms with van der Waals surface area (Å²) in [6, 6.07) is 8.34. The Morgan fingerprint density at radius 3 is 2.84 bits per heavy atom. The van der Waals surface area contributed by atoms with E-state index in [2.05, 4.69) is 15.3 Å². The Labute approximate surface area is 184 Å². The highest BCUT2D eigenvalue weighted by Gasteiger charge is 2.33. The summed E-state index contributed by atoms with van der Waals surface area (Å²) in [6.07, 6.45) is 3.15. The van der Waals surface area contributed by atoms with Crippen molar-refractivity contribution in [2.45, 2.75) is 26.3 Å². The van der Waals surface area contributed by atoms with Crippen LogP contribution in [-0.2, 0) is 16.2 Å². The van der Waals surface area contributed by atoms with E-state index in [-0.39, 0.29) is 22.6 Å². The molecule has 7 nitrogen and oxygen atoms in total. The normalized spacial score (nSPS) is 13.5. The summed E-state index contributed by atoms with van der Waals surface area (Å²) in [5.41, 5.74) is 1.61. The number of carbonyl (C=O) groups is 1. The molecule has 2 aromatic carbocycles. The van der Waals surface area contributed by atoms with Gasteiger partial charge in [-0.15, -0.1) is 5.06 Å². The number of halogens is 2. The number of hydroxylamine groups is 2. The molecule has 1 saturated carbocycles. The van der Waals surface area contributed by atoms with Crippen molar-refractivity contribution >= 4 is 40.0 Å². The Kier molecular flexibility index (Phi) is 6.20. The molecule has 3 aromatic rings. The van der Waals surface area contributed by atoms with Gasteiger partial charge in [-0.05, 0) is 38.0 Å². The molecule has 0 radical (unpaired) electrons. The minimum atomic E-state index is -0.561. The summed E-state index contributed by atoms with van der Waals surface area (Å²) in [4.78, 5) is 26.2. The second-order valence-electron chi connectivity index (χ2n) is 7.27. The first-order valence-corrected chi connectivity index (χ1v) is 10.4. The van der Waals surface area contributed by atoms with Crippen molar-refractivity contribution in [3.05, 3.63) is 53.1 Å². The average molecular weight is 445 g/mol. The largest absolute Gasteiger partial charge is 0.496 e. The number of nitrogens with one attached hydrogen (secondary N) is 1. The van der Waals surface area contributed by atoms with Gasteiger partial charge in [-0.1, -0.05) is 17.7 Å². The molecule has 1 aromatic heterocycles. The first kappa shape index (κ1) is 21.3. The number of aromatic nitrogens is 2. The summed E-state index contributed by atoms with van der Waals surface area (Å²) >= 11 is 5.89. The second-order valence-corrected chi connectivity index (χ2v) is 7.68. The minimum absolute atomic E-state index is 0.00402. The molecule has 0 unspecified atom stereocenters. The zero-order valence-electron chi connectivity index (χ0n) is 17.2. The molecular formula is C22H22ClFN4O3. The summed E-state index contributed by atoms with van der Waals surface area (Å²) in [6.45, 7) is 2.75. The summed E-state index contributed by atoms with van der Waals surface area (Å²) in [5.74, 6) is 0.266. The Bertz CT molecular complexity index is 1120. The van der Waals surface area contributed by atoms with Crippen LogP contribution in [0.1, 0.15) is 25.3 Å². The number of hydrogen-bond acceptors (Lipinski definition) is 7. The molecule has 31 heavy (non-hydrogen) atoms. The maximum Gasteiger partial charge on any atom is 0.328 e. The standard InChI is InChI=1S/C22H22ClFN4O3/c1-3-28(31-22(29)13-7-8-13)11-14-9-15-18(10-19(14)30-2)25-12-26-21(15)27-17-6-4-5-16(23)20(17)24/h4-6,9-10,12-13H,3,7-8,11H2,1-2H3,(H,25,26,27). The molecule has 0 amide bonds. The van der Waals surface area contributed by atoms with Gasteiger partial charge in [0.25, 0.3) is 0 Å². The van der Waals surface area contributed by atoms with Gasteiger partial charge in [0.05, 0.1) is 35.8 Å². The van der Waals surface area contributed by atoms with Crippen LogP contribution in [0.25, 0.3) is 10.9 Å². The Balaban J connectivity index is 1.67. The first-order chi connectivity index (χ1) is 15.0. The molecule has 4 rings (SSSR count). The molecule has 1 aliphatic carbocycles. The average Bonchev–Trinajstić information content (AvgIpc) is 3.62. The van der Waals surface area contributed by atoms with E-state index in [1.165, 1.54) is 12.4 Å². The number of anilines is 2. The zero-order valence-corrected chi connectivity index (χ0v) is 17.9. The SMILES string of the molecule is CCN(Cc1cc2c(Nc3cccc(Cl)c3F)ncnc2cc1OC)OC(=O)C1CC1. The molecule has 1 N–H and O–H groups in total. The van der Waals surface area contributed by atoms with Crippen molar-refractivity contribution in [2.75, 3.05) is 19.0 Å². The lowest BCUT2D eigenvalue weighted by atomic mass is 10.1. The lowest BCUT2D eigenvalue weighted by Gasteiger charge is -2.21. The Morgan fingerprint density at radius 1 is 1.32 bits per heavy atom. The molecule has 0 bridgehead atoms. The molecule has 0 spiro atoms. The molecule has 0 saturated heterocycles. The number of methoxy groups -OCH3 is 1. The van der Waals surface area contributed by atoms with Gasteiger partial charge in [0.15, 0.2) is 5.82 Å². The third-order valence-electron chi connectivity index (χ3n) is 5.07. The van der Waals surface area contributed by atoms with E-state index < -0.39 is 5.82 Å². The lowest BCUT2D eigenvalue weighted by Crippen LogP contribution is -2.27. The van der Waals surface area contributed by atoms with E-state index >= 15 is 0 Å². The van der Waals surface area contributed by atoms with E-state index in [1.807, 2.05) is 13.0 Å². The predicted molar refractivity (Wildman–Crippen MR) is 116 cm³/mol. The molecule has 162 valence electrons. The maximum absolute atomic E-state index is 14.4. The van der Waals surface area contributed by atoms with Gasteiger partial charge in [-0.3, -0.25) is 4.79 Å². The number of hydrogen-bond donors (Lipinski definition) is 1. The third kappa shape index (κ3) is 4.70.